The Morgan fingerprint density at radius 1 is 1.27 bits per heavy atom. The summed E-state index contributed by atoms with van der Waals surface area (Å²) in [5.41, 5.74) is 3.56. The number of likely N-dealkylation sites (N-methyl/N-ethyl adjacent to an activating group) is 1. The topological polar surface area (TPSA) is 49.3 Å². The first-order valence-corrected chi connectivity index (χ1v) is 9.38. The summed E-state index contributed by atoms with van der Waals surface area (Å²) in [6.07, 6.45) is 2.92. The molecule has 0 N–H and O–H groups in total. The SMILES string of the molecule is CCCc1nc(C)cc(-c2cccc(C(=O)N3CC[C@H](N(C)C)C3)c2)n1. The summed E-state index contributed by atoms with van der Waals surface area (Å²) in [4.78, 5) is 26.3. The minimum atomic E-state index is 0.107. The van der Waals surface area contributed by atoms with Crippen LogP contribution in [-0.2, 0) is 6.42 Å². The molecule has 1 aromatic heterocycles. The van der Waals surface area contributed by atoms with Gasteiger partial charge in [-0.25, -0.2) is 9.97 Å². The van der Waals surface area contributed by atoms with Crippen LogP contribution >= 0.6 is 0 Å². The van der Waals surface area contributed by atoms with E-state index in [1.54, 1.807) is 0 Å². The van der Waals surface area contributed by atoms with Crippen LogP contribution in [0.3, 0.4) is 0 Å². The lowest BCUT2D eigenvalue weighted by atomic mass is 10.1. The van der Waals surface area contributed by atoms with E-state index in [9.17, 15) is 4.79 Å². The highest BCUT2D eigenvalue weighted by molar-refractivity contribution is 5.95. The molecule has 1 atom stereocenters. The number of aryl methyl sites for hydroxylation is 2. The molecule has 0 unspecified atom stereocenters. The van der Waals surface area contributed by atoms with Crippen molar-refractivity contribution in [1.82, 2.24) is 19.8 Å². The molecule has 1 fully saturated rings. The molecule has 26 heavy (non-hydrogen) atoms. The Labute approximate surface area is 156 Å². The summed E-state index contributed by atoms with van der Waals surface area (Å²) < 4.78 is 0. The number of likely N-dealkylation sites (tertiary alicyclic amines) is 1. The highest BCUT2D eigenvalue weighted by Crippen LogP contribution is 2.22. The minimum absolute atomic E-state index is 0.107. The molecule has 0 saturated carbocycles. The number of aromatic nitrogens is 2. The Morgan fingerprint density at radius 3 is 2.77 bits per heavy atom. The molecule has 2 heterocycles. The zero-order valence-electron chi connectivity index (χ0n) is 16.2. The first-order chi connectivity index (χ1) is 12.5. The van der Waals surface area contributed by atoms with E-state index in [-0.39, 0.29) is 5.91 Å². The van der Waals surface area contributed by atoms with E-state index < -0.39 is 0 Å². The Balaban J connectivity index is 1.84. The van der Waals surface area contributed by atoms with E-state index in [1.807, 2.05) is 42.2 Å². The number of benzene rings is 1. The van der Waals surface area contributed by atoms with Crippen LogP contribution in [0.2, 0.25) is 0 Å². The third-order valence-electron chi connectivity index (χ3n) is 4.96. The van der Waals surface area contributed by atoms with Gasteiger partial charge in [0.15, 0.2) is 0 Å². The van der Waals surface area contributed by atoms with E-state index in [0.29, 0.717) is 6.04 Å². The fourth-order valence-corrected chi connectivity index (χ4v) is 3.46. The minimum Gasteiger partial charge on any atom is -0.337 e. The summed E-state index contributed by atoms with van der Waals surface area (Å²) >= 11 is 0. The van der Waals surface area contributed by atoms with Crippen LogP contribution in [-0.4, -0.2) is 58.9 Å². The van der Waals surface area contributed by atoms with Gasteiger partial charge in [-0.05, 0) is 52.1 Å². The molecule has 5 heteroatoms. The fraction of sp³-hybridized carbons (Fsp3) is 0.476. The maximum absolute atomic E-state index is 12.9. The van der Waals surface area contributed by atoms with Crippen LogP contribution in [0.1, 0.15) is 41.6 Å². The van der Waals surface area contributed by atoms with Crippen LogP contribution in [0.25, 0.3) is 11.3 Å². The average Bonchev–Trinajstić information content (AvgIpc) is 3.11. The average molecular weight is 352 g/mol. The van der Waals surface area contributed by atoms with Gasteiger partial charge in [-0.3, -0.25) is 4.79 Å². The van der Waals surface area contributed by atoms with Gasteiger partial charge in [0.25, 0.3) is 5.91 Å². The molecule has 1 aliphatic heterocycles. The van der Waals surface area contributed by atoms with Crippen molar-refractivity contribution in [1.29, 1.82) is 0 Å². The zero-order chi connectivity index (χ0) is 18.7. The largest absolute Gasteiger partial charge is 0.337 e. The number of carbonyl (C=O) groups is 1. The number of nitrogens with zero attached hydrogens (tertiary/aromatic N) is 4. The highest BCUT2D eigenvalue weighted by Gasteiger charge is 2.28. The second-order valence-electron chi connectivity index (χ2n) is 7.30. The molecule has 1 saturated heterocycles. The Bertz CT molecular complexity index is 787. The molecule has 1 aromatic carbocycles. The summed E-state index contributed by atoms with van der Waals surface area (Å²) in [6, 6.07) is 10.3. The molecule has 3 rings (SSSR count). The molecule has 138 valence electrons. The summed E-state index contributed by atoms with van der Waals surface area (Å²) in [5, 5.41) is 0. The van der Waals surface area contributed by atoms with E-state index in [1.165, 1.54) is 0 Å². The maximum atomic E-state index is 12.9. The molecular weight excluding hydrogens is 324 g/mol. The molecule has 0 bridgehead atoms. The van der Waals surface area contributed by atoms with Crippen molar-refractivity contribution >= 4 is 5.91 Å². The van der Waals surface area contributed by atoms with E-state index in [0.717, 1.165) is 60.7 Å². The highest BCUT2D eigenvalue weighted by atomic mass is 16.2. The van der Waals surface area contributed by atoms with Crippen molar-refractivity contribution in [2.45, 2.75) is 39.2 Å². The van der Waals surface area contributed by atoms with Gasteiger partial charge in [-0.15, -0.1) is 0 Å². The molecule has 2 aromatic rings. The van der Waals surface area contributed by atoms with Gasteiger partial charge in [0.1, 0.15) is 5.82 Å². The van der Waals surface area contributed by atoms with Crippen molar-refractivity contribution < 1.29 is 4.79 Å². The Kier molecular flexibility index (Phi) is 5.67. The predicted molar refractivity (Wildman–Crippen MR) is 104 cm³/mol. The van der Waals surface area contributed by atoms with Crippen molar-refractivity contribution in [3.05, 3.63) is 47.4 Å². The third-order valence-corrected chi connectivity index (χ3v) is 4.96. The molecule has 0 aliphatic carbocycles. The fourth-order valence-electron chi connectivity index (χ4n) is 3.46. The lowest BCUT2D eigenvalue weighted by molar-refractivity contribution is 0.0783. The van der Waals surface area contributed by atoms with Crippen molar-refractivity contribution in [2.75, 3.05) is 27.2 Å². The second-order valence-corrected chi connectivity index (χ2v) is 7.30. The third kappa shape index (κ3) is 4.10. The lowest BCUT2D eigenvalue weighted by Crippen LogP contribution is -2.34. The Morgan fingerprint density at radius 2 is 2.08 bits per heavy atom. The number of carbonyl (C=O) groups excluding carboxylic acids is 1. The van der Waals surface area contributed by atoms with Gasteiger partial charge in [-0.2, -0.15) is 0 Å². The summed E-state index contributed by atoms with van der Waals surface area (Å²) in [5.74, 6) is 0.975. The first-order valence-electron chi connectivity index (χ1n) is 9.38. The predicted octanol–water partition coefficient (Wildman–Crippen LogP) is 3.18. The lowest BCUT2D eigenvalue weighted by Gasteiger charge is -2.20. The van der Waals surface area contributed by atoms with Gasteiger partial charge in [0.05, 0.1) is 5.69 Å². The molecule has 0 radical (unpaired) electrons. The number of amides is 1. The quantitative estimate of drug-likeness (QED) is 0.829. The number of hydrogen-bond donors (Lipinski definition) is 0. The zero-order valence-corrected chi connectivity index (χ0v) is 16.2. The monoisotopic (exact) mass is 352 g/mol. The van der Waals surface area contributed by atoms with Crippen LogP contribution in [0.15, 0.2) is 30.3 Å². The summed E-state index contributed by atoms with van der Waals surface area (Å²) in [6.45, 7) is 5.73. The summed E-state index contributed by atoms with van der Waals surface area (Å²) in [7, 11) is 4.15. The molecular formula is C21H28N4O. The molecule has 1 amide bonds. The first kappa shape index (κ1) is 18.5. The van der Waals surface area contributed by atoms with Crippen molar-refractivity contribution in [3.63, 3.8) is 0 Å². The van der Waals surface area contributed by atoms with Crippen LogP contribution in [0, 0.1) is 6.92 Å². The van der Waals surface area contributed by atoms with Gasteiger partial charge in [-0.1, -0.05) is 19.1 Å². The van der Waals surface area contributed by atoms with Gasteiger partial charge >= 0.3 is 0 Å². The number of rotatable bonds is 5. The maximum Gasteiger partial charge on any atom is 0.253 e. The van der Waals surface area contributed by atoms with Crippen molar-refractivity contribution in [2.24, 2.45) is 0 Å². The van der Waals surface area contributed by atoms with Gasteiger partial charge in [0, 0.05) is 42.4 Å². The standard InChI is InChI=1S/C21H28N4O/c1-5-7-20-22-15(2)12-19(23-20)16-8-6-9-17(13-16)21(26)25-11-10-18(14-25)24(3)4/h6,8-9,12-13,18H,5,7,10-11,14H2,1-4H3/t18-/m0/s1. The van der Waals surface area contributed by atoms with Crippen LogP contribution < -0.4 is 0 Å². The van der Waals surface area contributed by atoms with Gasteiger partial charge < -0.3 is 9.80 Å². The van der Waals surface area contributed by atoms with Gasteiger partial charge in [0.2, 0.25) is 0 Å². The van der Waals surface area contributed by atoms with E-state index >= 15 is 0 Å². The van der Waals surface area contributed by atoms with Crippen LogP contribution in [0.5, 0.6) is 0 Å². The van der Waals surface area contributed by atoms with E-state index in [4.69, 9.17) is 0 Å². The molecule has 5 nitrogen and oxygen atoms in total. The Hall–Kier alpha value is -2.27. The molecule has 0 spiro atoms. The van der Waals surface area contributed by atoms with E-state index in [2.05, 4.69) is 35.9 Å². The van der Waals surface area contributed by atoms with Crippen molar-refractivity contribution in [3.8, 4) is 11.3 Å². The second kappa shape index (κ2) is 7.96. The normalized spacial score (nSPS) is 17.1. The molecule has 1 aliphatic rings. The van der Waals surface area contributed by atoms with Crippen LogP contribution in [0.4, 0.5) is 0 Å². The number of hydrogen-bond acceptors (Lipinski definition) is 4. The smallest absolute Gasteiger partial charge is 0.253 e.